The highest BCUT2D eigenvalue weighted by molar-refractivity contribution is 4.91. The third-order valence-electron chi connectivity index (χ3n) is 3.48. The molecule has 15 heavy (non-hydrogen) atoms. The van der Waals surface area contributed by atoms with Gasteiger partial charge in [0.05, 0.1) is 6.61 Å². The number of rotatable bonds is 5. The largest absolute Gasteiger partial charge is 0.396 e. The maximum atomic E-state index is 9.49. The highest BCUT2D eigenvalue weighted by atomic mass is 16.3. The van der Waals surface area contributed by atoms with E-state index >= 15 is 0 Å². The van der Waals surface area contributed by atoms with Gasteiger partial charge in [0.2, 0.25) is 0 Å². The van der Waals surface area contributed by atoms with E-state index in [4.69, 9.17) is 0 Å². The summed E-state index contributed by atoms with van der Waals surface area (Å²) in [6, 6.07) is 0. The fourth-order valence-corrected chi connectivity index (χ4v) is 2.10. The number of nitrogens with one attached hydrogen (secondary N) is 1. The van der Waals surface area contributed by atoms with Crippen LogP contribution in [0.25, 0.3) is 0 Å². The molecule has 3 heteroatoms. The molecule has 1 aliphatic rings. The average molecular weight is 215 g/mol. The molecule has 0 heterocycles. The van der Waals surface area contributed by atoms with Gasteiger partial charge >= 0.3 is 0 Å². The summed E-state index contributed by atoms with van der Waals surface area (Å²) in [5, 5.41) is 22.1. The van der Waals surface area contributed by atoms with Gasteiger partial charge in [0.1, 0.15) is 0 Å². The van der Waals surface area contributed by atoms with Gasteiger partial charge in [-0.05, 0) is 12.8 Å². The molecule has 0 aromatic carbocycles. The minimum atomic E-state index is -0.0976. The Morgan fingerprint density at radius 3 is 2.20 bits per heavy atom. The predicted octanol–water partition coefficient (Wildman–Crippen LogP) is 1.29. The summed E-state index contributed by atoms with van der Waals surface area (Å²) >= 11 is 0. The molecule has 1 saturated carbocycles. The Hall–Kier alpha value is -0.120. The fourth-order valence-electron chi connectivity index (χ4n) is 2.10. The van der Waals surface area contributed by atoms with Crippen molar-refractivity contribution >= 4 is 0 Å². The first kappa shape index (κ1) is 12.9. The maximum absolute atomic E-state index is 9.49. The number of aliphatic hydroxyl groups is 2. The van der Waals surface area contributed by atoms with E-state index in [2.05, 4.69) is 5.32 Å². The topological polar surface area (TPSA) is 52.5 Å². The quantitative estimate of drug-likeness (QED) is 0.648. The lowest BCUT2D eigenvalue weighted by Gasteiger charge is -2.39. The van der Waals surface area contributed by atoms with Crippen LogP contribution in [0.5, 0.6) is 0 Å². The van der Waals surface area contributed by atoms with E-state index in [1.165, 1.54) is 19.3 Å². The first-order valence-corrected chi connectivity index (χ1v) is 6.00. The first-order chi connectivity index (χ1) is 7.04. The molecule has 0 radical (unpaired) electrons. The Morgan fingerprint density at radius 1 is 1.13 bits per heavy atom. The van der Waals surface area contributed by atoms with E-state index in [9.17, 15) is 10.2 Å². The highest BCUT2D eigenvalue weighted by Crippen LogP contribution is 2.28. The molecule has 1 fully saturated rings. The standard InChI is InChI=1S/C12H25NO2/c1-11(2,9-14)8-13-12(10-15)6-4-3-5-7-12/h13-15H,3-10H2,1-2H3. The van der Waals surface area contributed by atoms with Gasteiger partial charge in [-0.1, -0.05) is 33.1 Å². The lowest BCUT2D eigenvalue weighted by Crippen LogP contribution is -2.53. The van der Waals surface area contributed by atoms with E-state index in [0.717, 1.165) is 19.4 Å². The summed E-state index contributed by atoms with van der Waals surface area (Å²) in [4.78, 5) is 0. The van der Waals surface area contributed by atoms with Crippen molar-refractivity contribution in [2.75, 3.05) is 19.8 Å². The molecule has 3 N–H and O–H groups in total. The van der Waals surface area contributed by atoms with Crippen LogP contribution in [0.15, 0.2) is 0 Å². The Morgan fingerprint density at radius 2 is 1.73 bits per heavy atom. The number of aliphatic hydroxyl groups excluding tert-OH is 2. The van der Waals surface area contributed by atoms with Crippen molar-refractivity contribution in [2.45, 2.75) is 51.5 Å². The molecule has 90 valence electrons. The van der Waals surface area contributed by atoms with Gasteiger partial charge in [0.15, 0.2) is 0 Å². The van der Waals surface area contributed by atoms with Crippen LogP contribution < -0.4 is 5.32 Å². The Labute approximate surface area is 92.9 Å². The second kappa shape index (κ2) is 5.28. The van der Waals surface area contributed by atoms with E-state index in [1.807, 2.05) is 13.8 Å². The minimum Gasteiger partial charge on any atom is -0.396 e. The maximum Gasteiger partial charge on any atom is 0.0613 e. The molecule has 0 aromatic heterocycles. The number of hydrogen-bond donors (Lipinski definition) is 3. The number of hydrogen-bond acceptors (Lipinski definition) is 3. The molecule has 0 amide bonds. The average Bonchev–Trinajstić information content (AvgIpc) is 2.28. The molecule has 0 unspecified atom stereocenters. The van der Waals surface area contributed by atoms with Crippen molar-refractivity contribution in [3.05, 3.63) is 0 Å². The molecule has 1 aliphatic carbocycles. The van der Waals surface area contributed by atoms with Crippen LogP contribution in [0, 0.1) is 5.41 Å². The summed E-state index contributed by atoms with van der Waals surface area (Å²) in [6.45, 7) is 5.24. The van der Waals surface area contributed by atoms with Crippen molar-refractivity contribution < 1.29 is 10.2 Å². The summed E-state index contributed by atoms with van der Waals surface area (Å²) in [5.74, 6) is 0. The zero-order chi connectivity index (χ0) is 11.4. The van der Waals surface area contributed by atoms with Crippen molar-refractivity contribution in [1.29, 1.82) is 0 Å². The molecule has 1 rings (SSSR count). The molecule has 0 aromatic rings. The van der Waals surface area contributed by atoms with Crippen LogP contribution in [0.3, 0.4) is 0 Å². The SMILES string of the molecule is CC(C)(CO)CNC1(CO)CCCCC1. The summed E-state index contributed by atoms with van der Waals surface area (Å²) in [5.41, 5.74) is -0.176. The monoisotopic (exact) mass is 215 g/mol. The van der Waals surface area contributed by atoms with Crippen LogP contribution in [-0.4, -0.2) is 35.5 Å². The van der Waals surface area contributed by atoms with Crippen molar-refractivity contribution in [2.24, 2.45) is 5.41 Å². The van der Waals surface area contributed by atoms with Gasteiger partial charge < -0.3 is 15.5 Å². The van der Waals surface area contributed by atoms with E-state index in [-0.39, 0.29) is 24.2 Å². The Kier molecular flexibility index (Phi) is 4.56. The zero-order valence-electron chi connectivity index (χ0n) is 10.1. The smallest absolute Gasteiger partial charge is 0.0613 e. The van der Waals surface area contributed by atoms with Crippen molar-refractivity contribution in [3.8, 4) is 0 Å². The van der Waals surface area contributed by atoms with Crippen LogP contribution in [0.2, 0.25) is 0 Å². The molecule has 0 saturated heterocycles. The molecule has 0 atom stereocenters. The van der Waals surface area contributed by atoms with E-state index < -0.39 is 0 Å². The summed E-state index contributed by atoms with van der Waals surface area (Å²) < 4.78 is 0. The van der Waals surface area contributed by atoms with Gasteiger partial charge in [-0.25, -0.2) is 0 Å². The molecule has 3 nitrogen and oxygen atoms in total. The van der Waals surface area contributed by atoms with Crippen LogP contribution in [0.4, 0.5) is 0 Å². The second-order valence-corrected chi connectivity index (χ2v) is 5.67. The molecular weight excluding hydrogens is 190 g/mol. The van der Waals surface area contributed by atoms with Gasteiger partial charge in [0.25, 0.3) is 0 Å². The third kappa shape index (κ3) is 3.74. The third-order valence-corrected chi connectivity index (χ3v) is 3.48. The minimum absolute atomic E-state index is 0.0787. The first-order valence-electron chi connectivity index (χ1n) is 6.00. The molecule has 0 aliphatic heterocycles. The van der Waals surface area contributed by atoms with Gasteiger partial charge in [-0.3, -0.25) is 0 Å². The molecule has 0 bridgehead atoms. The zero-order valence-corrected chi connectivity index (χ0v) is 10.1. The van der Waals surface area contributed by atoms with Crippen molar-refractivity contribution in [3.63, 3.8) is 0 Å². The normalized spacial score (nSPS) is 21.6. The van der Waals surface area contributed by atoms with Gasteiger partial charge in [-0.2, -0.15) is 0 Å². The van der Waals surface area contributed by atoms with Gasteiger partial charge in [0, 0.05) is 24.1 Å². The Bertz CT molecular complexity index is 186. The van der Waals surface area contributed by atoms with Crippen LogP contribution >= 0.6 is 0 Å². The fraction of sp³-hybridized carbons (Fsp3) is 1.00. The predicted molar refractivity (Wildman–Crippen MR) is 61.8 cm³/mol. The van der Waals surface area contributed by atoms with Crippen LogP contribution in [0.1, 0.15) is 46.0 Å². The van der Waals surface area contributed by atoms with Gasteiger partial charge in [-0.15, -0.1) is 0 Å². The lowest BCUT2D eigenvalue weighted by molar-refractivity contribution is 0.0902. The molecular formula is C12H25NO2. The van der Waals surface area contributed by atoms with Crippen molar-refractivity contribution in [1.82, 2.24) is 5.32 Å². The lowest BCUT2D eigenvalue weighted by atomic mass is 9.81. The second-order valence-electron chi connectivity index (χ2n) is 5.67. The molecule has 0 spiro atoms. The Balaban J connectivity index is 2.45. The summed E-state index contributed by atoms with van der Waals surface area (Å²) in [6.07, 6.45) is 5.81. The van der Waals surface area contributed by atoms with Crippen LogP contribution in [-0.2, 0) is 0 Å². The van der Waals surface area contributed by atoms with E-state index in [0.29, 0.717) is 0 Å². The van der Waals surface area contributed by atoms with E-state index in [1.54, 1.807) is 0 Å². The highest BCUT2D eigenvalue weighted by Gasteiger charge is 2.32. The summed E-state index contributed by atoms with van der Waals surface area (Å²) in [7, 11) is 0.